The van der Waals surface area contributed by atoms with Crippen LogP contribution in [0.1, 0.15) is 0 Å². The van der Waals surface area contributed by atoms with Gasteiger partial charge in [0, 0.05) is 5.02 Å². The van der Waals surface area contributed by atoms with E-state index in [0.717, 1.165) is 5.69 Å². The van der Waals surface area contributed by atoms with Crippen molar-refractivity contribution in [2.75, 3.05) is 0 Å². The van der Waals surface area contributed by atoms with Crippen molar-refractivity contribution in [3.63, 3.8) is 0 Å². The zero-order valence-corrected chi connectivity index (χ0v) is 11.7. The zero-order chi connectivity index (χ0) is 14.7. The van der Waals surface area contributed by atoms with E-state index in [1.54, 1.807) is 24.3 Å². The number of para-hydroxylation sites is 1. The number of hydrogen-bond acceptors (Lipinski definition) is 3. The lowest BCUT2D eigenvalue weighted by Gasteiger charge is -1.98. The van der Waals surface area contributed by atoms with Gasteiger partial charge >= 0.3 is 0 Å². The van der Waals surface area contributed by atoms with Gasteiger partial charge in [-0.05, 0) is 36.4 Å². The van der Waals surface area contributed by atoms with E-state index in [4.69, 9.17) is 11.6 Å². The second kappa shape index (κ2) is 5.76. The quantitative estimate of drug-likeness (QED) is 0.722. The number of hydrogen-bond donors (Lipinski definition) is 1. The van der Waals surface area contributed by atoms with E-state index in [-0.39, 0.29) is 11.2 Å². The van der Waals surface area contributed by atoms with E-state index in [9.17, 15) is 4.79 Å². The van der Waals surface area contributed by atoms with Gasteiger partial charge in [0.25, 0.3) is 5.56 Å². The van der Waals surface area contributed by atoms with E-state index < -0.39 is 0 Å². The summed E-state index contributed by atoms with van der Waals surface area (Å²) < 4.78 is 1.41. The number of benzene rings is 2. The molecule has 0 radical (unpaired) electrons. The minimum Gasteiger partial charge on any atom is -0.296 e. The van der Waals surface area contributed by atoms with Crippen LogP contribution in [-0.4, -0.2) is 9.78 Å². The Bertz CT molecular complexity index is 819. The maximum absolute atomic E-state index is 12.2. The SMILES string of the molecule is O=c1c(N=Nc2ccc(Cl)cc2)c[nH]n1-c1ccccc1. The van der Waals surface area contributed by atoms with Crippen LogP contribution in [0.2, 0.25) is 5.02 Å². The number of halogens is 1. The highest BCUT2D eigenvalue weighted by atomic mass is 35.5. The Morgan fingerprint density at radius 2 is 1.67 bits per heavy atom. The minimum atomic E-state index is -0.251. The largest absolute Gasteiger partial charge is 0.298 e. The van der Waals surface area contributed by atoms with Gasteiger partial charge in [0.2, 0.25) is 0 Å². The summed E-state index contributed by atoms with van der Waals surface area (Å²) in [4.78, 5) is 12.2. The Morgan fingerprint density at radius 3 is 2.38 bits per heavy atom. The zero-order valence-electron chi connectivity index (χ0n) is 10.9. The molecule has 0 aliphatic carbocycles. The van der Waals surface area contributed by atoms with Crippen LogP contribution in [0.25, 0.3) is 5.69 Å². The summed E-state index contributed by atoms with van der Waals surface area (Å²) in [6.07, 6.45) is 1.52. The molecule has 1 heterocycles. The van der Waals surface area contributed by atoms with E-state index >= 15 is 0 Å². The first-order valence-corrected chi connectivity index (χ1v) is 6.65. The normalized spacial score (nSPS) is 11.1. The third kappa shape index (κ3) is 2.93. The molecule has 0 atom stereocenters. The molecule has 0 unspecified atom stereocenters. The molecule has 2 aromatic carbocycles. The third-order valence-electron chi connectivity index (χ3n) is 2.87. The van der Waals surface area contributed by atoms with Gasteiger partial charge in [-0.15, -0.1) is 5.11 Å². The number of azo groups is 1. The molecule has 104 valence electrons. The van der Waals surface area contributed by atoms with Crippen molar-refractivity contribution in [3.05, 3.63) is 76.2 Å². The summed E-state index contributed by atoms with van der Waals surface area (Å²) in [5, 5.41) is 11.5. The number of aromatic amines is 1. The van der Waals surface area contributed by atoms with Crippen LogP contribution in [-0.2, 0) is 0 Å². The van der Waals surface area contributed by atoms with Crippen LogP contribution in [0.4, 0.5) is 11.4 Å². The molecule has 0 aliphatic heterocycles. The van der Waals surface area contributed by atoms with Gasteiger partial charge in [-0.1, -0.05) is 29.8 Å². The number of nitrogens with zero attached hydrogens (tertiary/aromatic N) is 3. The monoisotopic (exact) mass is 298 g/mol. The molecule has 0 amide bonds. The van der Waals surface area contributed by atoms with Crippen molar-refractivity contribution in [2.24, 2.45) is 10.2 Å². The molecular formula is C15H11ClN4O. The third-order valence-corrected chi connectivity index (χ3v) is 3.12. The van der Waals surface area contributed by atoms with Crippen LogP contribution in [0.3, 0.4) is 0 Å². The summed E-state index contributed by atoms with van der Waals surface area (Å²) in [7, 11) is 0. The molecule has 1 aromatic heterocycles. The maximum Gasteiger partial charge on any atom is 0.298 e. The van der Waals surface area contributed by atoms with Gasteiger partial charge in [-0.2, -0.15) is 5.11 Å². The van der Waals surface area contributed by atoms with E-state index in [2.05, 4.69) is 15.3 Å². The average molecular weight is 299 g/mol. The molecule has 6 heteroatoms. The van der Waals surface area contributed by atoms with E-state index in [0.29, 0.717) is 10.7 Å². The van der Waals surface area contributed by atoms with Gasteiger partial charge in [0.1, 0.15) is 0 Å². The minimum absolute atomic E-state index is 0.244. The Morgan fingerprint density at radius 1 is 0.952 bits per heavy atom. The molecule has 0 fully saturated rings. The second-order valence-electron chi connectivity index (χ2n) is 4.31. The van der Waals surface area contributed by atoms with E-state index in [1.165, 1.54) is 10.9 Å². The molecule has 1 N–H and O–H groups in total. The fraction of sp³-hybridized carbons (Fsp3) is 0. The summed E-state index contributed by atoms with van der Waals surface area (Å²) in [6.45, 7) is 0. The van der Waals surface area contributed by atoms with Gasteiger partial charge in [-0.25, -0.2) is 4.68 Å². The van der Waals surface area contributed by atoms with Crippen molar-refractivity contribution in [3.8, 4) is 5.69 Å². The first-order chi connectivity index (χ1) is 10.2. The van der Waals surface area contributed by atoms with Crippen molar-refractivity contribution < 1.29 is 0 Å². The lowest BCUT2D eigenvalue weighted by atomic mass is 10.3. The average Bonchev–Trinajstić information content (AvgIpc) is 2.89. The number of H-pyrrole nitrogens is 1. The van der Waals surface area contributed by atoms with Crippen LogP contribution < -0.4 is 5.56 Å². The predicted molar refractivity (Wildman–Crippen MR) is 82.0 cm³/mol. The molecule has 3 aromatic rings. The van der Waals surface area contributed by atoms with Crippen LogP contribution in [0.5, 0.6) is 0 Å². The van der Waals surface area contributed by atoms with Crippen molar-refractivity contribution in [1.29, 1.82) is 0 Å². The molecule has 0 saturated carbocycles. The van der Waals surface area contributed by atoms with Gasteiger partial charge in [-0.3, -0.25) is 9.89 Å². The fourth-order valence-corrected chi connectivity index (χ4v) is 1.95. The maximum atomic E-state index is 12.2. The summed E-state index contributed by atoms with van der Waals surface area (Å²) in [5.74, 6) is 0. The van der Waals surface area contributed by atoms with Gasteiger partial charge in [0.05, 0.1) is 17.6 Å². The molecule has 0 saturated heterocycles. The first kappa shape index (κ1) is 13.3. The van der Waals surface area contributed by atoms with Gasteiger partial charge < -0.3 is 0 Å². The molecular weight excluding hydrogens is 288 g/mol. The van der Waals surface area contributed by atoms with Crippen LogP contribution in [0, 0.1) is 0 Å². The summed E-state index contributed by atoms with van der Waals surface area (Å²) in [5.41, 5.74) is 1.37. The molecule has 0 spiro atoms. The van der Waals surface area contributed by atoms with Crippen LogP contribution in [0.15, 0.2) is 75.8 Å². The summed E-state index contributed by atoms with van der Waals surface area (Å²) in [6, 6.07) is 16.2. The predicted octanol–water partition coefficient (Wildman–Crippen LogP) is 4.23. The fourth-order valence-electron chi connectivity index (χ4n) is 1.82. The Balaban J connectivity index is 1.89. The van der Waals surface area contributed by atoms with Crippen molar-refractivity contribution >= 4 is 23.0 Å². The van der Waals surface area contributed by atoms with Gasteiger partial charge in [0.15, 0.2) is 5.69 Å². The Kier molecular flexibility index (Phi) is 3.66. The second-order valence-corrected chi connectivity index (χ2v) is 4.75. The van der Waals surface area contributed by atoms with Crippen molar-refractivity contribution in [2.45, 2.75) is 0 Å². The molecule has 0 aliphatic rings. The highest BCUT2D eigenvalue weighted by Gasteiger charge is 2.06. The van der Waals surface area contributed by atoms with Crippen LogP contribution >= 0.6 is 11.6 Å². The number of nitrogens with one attached hydrogen (secondary N) is 1. The number of aromatic nitrogens is 2. The summed E-state index contributed by atoms with van der Waals surface area (Å²) >= 11 is 5.79. The molecule has 21 heavy (non-hydrogen) atoms. The highest BCUT2D eigenvalue weighted by molar-refractivity contribution is 6.30. The lowest BCUT2D eigenvalue weighted by molar-refractivity contribution is 0.849. The molecule has 3 rings (SSSR count). The molecule has 5 nitrogen and oxygen atoms in total. The first-order valence-electron chi connectivity index (χ1n) is 6.27. The Labute approximate surface area is 125 Å². The topological polar surface area (TPSA) is 62.5 Å². The highest BCUT2D eigenvalue weighted by Crippen LogP contribution is 2.18. The standard InChI is InChI=1S/C15H11ClN4O/c16-11-6-8-12(9-7-11)18-19-14-10-17-20(15(14)21)13-4-2-1-3-5-13/h1-10,17H. The smallest absolute Gasteiger partial charge is 0.296 e. The lowest BCUT2D eigenvalue weighted by Crippen LogP contribution is -2.13. The van der Waals surface area contributed by atoms with Crippen molar-refractivity contribution in [1.82, 2.24) is 9.78 Å². The Hall–Kier alpha value is -2.66. The molecule has 0 bridgehead atoms. The van der Waals surface area contributed by atoms with E-state index in [1.807, 2.05) is 30.3 Å². The number of rotatable bonds is 3.